The Balaban J connectivity index is 1.90. The number of nitrogens with two attached hydrogens (primary N) is 1. The van der Waals surface area contributed by atoms with E-state index >= 15 is 0 Å². The van der Waals surface area contributed by atoms with Crippen LogP contribution in [0, 0.1) is 5.41 Å². The molecule has 1 saturated heterocycles. The fourth-order valence-corrected chi connectivity index (χ4v) is 3.26. The van der Waals surface area contributed by atoms with Crippen molar-refractivity contribution in [2.24, 2.45) is 11.1 Å². The second-order valence-electron chi connectivity index (χ2n) is 5.59. The van der Waals surface area contributed by atoms with E-state index < -0.39 is 0 Å². The van der Waals surface area contributed by atoms with Crippen LogP contribution in [0.4, 0.5) is 0 Å². The predicted octanol–water partition coefficient (Wildman–Crippen LogP) is 2.38. The highest BCUT2D eigenvalue weighted by Gasteiger charge is 2.38. The number of piperidine rings is 1. The molecule has 1 saturated carbocycles. The smallest absolute Gasteiger partial charge is 0.00928 e. The molecule has 15 heavy (non-hydrogen) atoms. The summed E-state index contributed by atoms with van der Waals surface area (Å²) in [5.74, 6) is 0. The Morgan fingerprint density at radius 3 is 2.60 bits per heavy atom. The molecule has 0 amide bonds. The summed E-state index contributed by atoms with van der Waals surface area (Å²) in [6.07, 6.45) is 9.72. The molecular weight excluding hydrogens is 184 g/mol. The molecule has 1 atom stereocenters. The molecule has 2 N–H and O–H groups in total. The summed E-state index contributed by atoms with van der Waals surface area (Å²) in [6.45, 7) is 5.83. The third kappa shape index (κ3) is 2.36. The SMILES string of the molecule is CCC1CCCCN1CC1(CN)CCC1. The first-order chi connectivity index (χ1) is 7.29. The Labute approximate surface area is 94.2 Å². The summed E-state index contributed by atoms with van der Waals surface area (Å²) in [5, 5.41) is 0. The Morgan fingerprint density at radius 2 is 2.07 bits per heavy atom. The molecule has 1 aliphatic heterocycles. The van der Waals surface area contributed by atoms with Gasteiger partial charge in [-0.25, -0.2) is 0 Å². The highest BCUT2D eigenvalue weighted by atomic mass is 15.2. The van der Waals surface area contributed by atoms with Gasteiger partial charge in [-0.15, -0.1) is 0 Å². The summed E-state index contributed by atoms with van der Waals surface area (Å²) in [4.78, 5) is 2.73. The quantitative estimate of drug-likeness (QED) is 0.772. The zero-order valence-electron chi connectivity index (χ0n) is 10.2. The van der Waals surface area contributed by atoms with Crippen molar-refractivity contribution >= 4 is 0 Å². The zero-order chi connectivity index (χ0) is 10.7. The van der Waals surface area contributed by atoms with Gasteiger partial charge in [-0.3, -0.25) is 4.90 Å². The van der Waals surface area contributed by atoms with Gasteiger partial charge in [0.1, 0.15) is 0 Å². The topological polar surface area (TPSA) is 29.3 Å². The monoisotopic (exact) mass is 210 g/mol. The molecule has 0 aromatic heterocycles. The number of hydrogen-bond donors (Lipinski definition) is 1. The van der Waals surface area contributed by atoms with E-state index in [1.165, 1.54) is 58.0 Å². The summed E-state index contributed by atoms with van der Waals surface area (Å²) in [6, 6.07) is 0.850. The van der Waals surface area contributed by atoms with Gasteiger partial charge < -0.3 is 5.73 Å². The van der Waals surface area contributed by atoms with Crippen LogP contribution in [0.2, 0.25) is 0 Å². The first-order valence-electron chi connectivity index (χ1n) is 6.74. The average molecular weight is 210 g/mol. The number of nitrogens with zero attached hydrogens (tertiary/aromatic N) is 1. The molecule has 0 bridgehead atoms. The van der Waals surface area contributed by atoms with Crippen LogP contribution in [0.15, 0.2) is 0 Å². The van der Waals surface area contributed by atoms with Crippen molar-refractivity contribution in [2.75, 3.05) is 19.6 Å². The van der Waals surface area contributed by atoms with Gasteiger partial charge in [0.15, 0.2) is 0 Å². The Bertz CT molecular complexity index is 193. The molecule has 2 heteroatoms. The third-order valence-corrected chi connectivity index (χ3v) is 4.61. The molecule has 2 rings (SSSR count). The van der Waals surface area contributed by atoms with Crippen LogP contribution in [-0.4, -0.2) is 30.6 Å². The summed E-state index contributed by atoms with van der Waals surface area (Å²) >= 11 is 0. The highest BCUT2D eigenvalue weighted by molar-refractivity contribution is 4.93. The fourth-order valence-electron chi connectivity index (χ4n) is 3.26. The number of hydrogen-bond acceptors (Lipinski definition) is 2. The average Bonchev–Trinajstić information content (AvgIpc) is 2.24. The van der Waals surface area contributed by atoms with Gasteiger partial charge in [0, 0.05) is 12.6 Å². The van der Waals surface area contributed by atoms with Crippen LogP contribution in [0.25, 0.3) is 0 Å². The van der Waals surface area contributed by atoms with Crippen LogP contribution in [0.3, 0.4) is 0 Å². The second kappa shape index (κ2) is 4.84. The maximum Gasteiger partial charge on any atom is 0.00928 e. The molecule has 1 heterocycles. The van der Waals surface area contributed by atoms with E-state index in [0.29, 0.717) is 5.41 Å². The first-order valence-corrected chi connectivity index (χ1v) is 6.74. The van der Waals surface area contributed by atoms with Gasteiger partial charge in [-0.2, -0.15) is 0 Å². The van der Waals surface area contributed by atoms with Crippen molar-refractivity contribution in [3.05, 3.63) is 0 Å². The molecule has 0 radical (unpaired) electrons. The second-order valence-corrected chi connectivity index (χ2v) is 5.59. The van der Waals surface area contributed by atoms with Crippen LogP contribution in [0.5, 0.6) is 0 Å². The predicted molar refractivity (Wildman–Crippen MR) is 64.8 cm³/mol. The maximum absolute atomic E-state index is 5.95. The summed E-state index contributed by atoms with van der Waals surface area (Å²) in [5.41, 5.74) is 6.45. The van der Waals surface area contributed by atoms with Crippen molar-refractivity contribution in [2.45, 2.75) is 57.9 Å². The number of likely N-dealkylation sites (tertiary alicyclic amines) is 1. The lowest BCUT2D eigenvalue weighted by molar-refractivity contribution is 0.0341. The molecule has 2 fully saturated rings. The van der Waals surface area contributed by atoms with Gasteiger partial charge in [0.25, 0.3) is 0 Å². The molecule has 2 nitrogen and oxygen atoms in total. The minimum atomic E-state index is 0.505. The molecule has 0 spiro atoms. The van der Waals surface area contributed by atoms with Gasteiger partial charge in [-0.05, 0) is 50.6 Å². The molecular formula is C13H26N2. The van der Waals surface area contributed by atoms with E-state index in [-0.39, 0.29) is 0 Å². The largest absolute Gasteiger partial charge is 0.330 e. The summed E-state index contributed by atoms with van der Waals surface area (Å²) in [7, 11) is 0. The molecule has 88 valence electrons. The lowest BCUT2D eigenvalue weighted by Crippen LogP contribution is -2.51. The van der Waals surface area contributed by atoms with Gasteiger partial charge >= 0.3 is 0 Å². The highest BCUT2D eigenvalue weighted by Crippen LogP contribution is 2.41. The van der Waals surface area contributed by atoms with E-state index in [1.807, 2.05) is 0 Å². The lowest BCUT2D eigenvalue weighted by atomic mass is 9.68. The van der Waals surface area contributed by atoms with Crippen LogP contribution in [0.1, 0.15) is 51.9 Å². The standard InChI is InChI=1S/C13H26N2/c1-2-12-6-3-4-9-15(12)11-13(10-14)7-5-8-13/h12H,2-11,14H2,1H3. The first kappa shape index (κ1) is 11.4. The maximum atomic E-state index is 5.95. The minimum Gasteiger partial charge on any atom is -0.330 e. The Hall–Kier alpha value is -0.0800. The van der Waals surface area contributed by atoms with Crippen molar-refractivity contribution in [1.29, 1.82) is 0 Å². The van der Waals surface area contributed by atoms with Crippen molar-refractivity contribution in [3.63, 3.8) is 0 Å². The minimum absolute atomic E-state index is 0.505. The molecule has 2 aliphatic rings. The summed E-state index contributed by atoms with van der Waals surface area (Å²) < 4.78 is 0. The van der Waals surface area contributed by atoms with Gasteiger partial charge in [-0.1, -0.05) is 19.8 Å². The Kier molecular flexibility index (Phi) is 3.68. The van der Waals surface area contributed by atoms with E-state index in [2.05, 4.69) is 11.8 Å². The molecule has 0 aromatic rings. The third-order valence-electron chi connectivity index (χ3n) is 4.61. The molecule has 0 aromatic carbocycles. The van der Waals surface area contributed by atoms with E-state index in [4.69, 9.17) is 5.73 Å². The lowest BCUT2D eigenvalue weighted by Gasteiger charge is -2.47. The molecule has 1 aliphatic carbocycles. The zero-order valence-corrected chi connectivity index (χ0v) is 10.2. The van der Waals surface area contributed by atoms with Crippen LogP contribution < -0.4 is 5.73 Å². The fraction of sp³-hybridized carbons (Fsp3) is 1.00. The van der Waals surface area contributed by atoms with Gasteiger partial charge in [0.05, 0.1) is 0 Å². The van der Waals surface area contributed by atoms with Crippen molar-refractivity contribution in [3.8, 4) is 0 Å². The van der Waals surface area contributed by atoms with Crippen molar-refractivity contribution < 1.29 is 0 Å². The van der Waals surface area contributed by atoms with Crippen molar-refractivity contribution in [1.82, 2.24) is 4.90 Å². The van der Waals surface area contributed by atoms with E-state index in [1.54, 1.807) is 0 Å². The normalized spacial score (nSPS) is 31.2. The van der Waals surface area contributed by atoms with E-state index in [9.17, 15) is 0 Å². The Morgan fingerprint density at radius 1 is 1.27 bits per heavy atom. The van der Waals surface area contributed by atoms with E-state index in [0.717, 1.165) is 12.6 Å². The van der Waals surface area contributed by atoms with Crippen LogP contribution >= 0.6 is 0 Å². The van der Waals surface area contributed by atoms with Gasteiger partial charge in [0.2, 0.25) is 0 Å². The number of rotatable bonds is 4. The van der Waals surface area contributed by atoms with Crippen LogP contribution in [-0.2, 0) is 0 Å². The molecule has 1 unspecified atom stereocenters.